The van der Waals surface area contributed by atoms with E-state index >= 15 is 0 Å². The fraction of sp³-hybridized carbons (Fsp3) is 0.683. The molecule has 1 saturated carbocycles. The summed E-state index contributed by atoms with van der Waals surface area (Å²) in [5, 5.41) is 38.0. The molecule has 76 heavy (non-hydrogen) atoms. The van der Waals surface area contributed by atoms with E-state index in [0.717, 1.165) is 11.1 Å². The van der Waals surface area contributed by atoms with Crippen LogP contribution in [-0.2, 0) is 54.2 Å². The van der Waals surface area contributed by atoms with Crippen molar-refractivity contribution in [3.05, 3.63) is 77.4 Å². The standard InChI is InChI=1S/C60H90N2O14/c1-37-17-12-11-13-18-38(2)48(61-36-45-19-16-20-46(32-45)74-28-27-71-8)34-47-24-22-43(7)60(70,76-47)57(67)58(68)62-26-15-14-21-49(62)59(69)75-52(40(4)31-44-23-25-50(63)53(33-44)72-9)35-51(64)39(3)30-42(6)55(66)56(73-10)54(65)41(5)29-37/h11-13,16-20,30,32,37,39-41,43-44,47-50,52-53,55-56,61,63,66,70H,14-15,21-29,31,33-36H2,1-10H3/b13-11?,17-12+,38-18?,42-30+/t37-,39-,40-,41-,43-,44+,47+,48?,49+,50-,52+,53-,55-,56+,60-/m1/s1. The molecule has 0 aromatic heterocycles. The van der Waals surface area contributed by atoms with E-state index in [1.165, 1.54) is 12.0 Å². The number of esters is 1. The van der Waals surface area contributed by atoms with Gasteiger partial charge in [0.1, 0.15) is 42.5 Å². The van der Waals surface area contributed by atoms with Crippen LogP contribution in [0.5, 0.6) is 5.75 Å². The van der Waals surface area contributed by atoms with E-state index in [9.17, 15) is 39.3 Å². The van der Waals surface area contributed by atoms with Gasteiger partial charge in [-0.05, 0) is 125 Å². The number of nitrogens with one attached hydrogen (secondary N) is 1. The number of carbonyl (C=O) groups excluding carboxylic acids is 5. The molecular weight excluding hydrogens is 973 g/mol. The van der Waals surface area contributed by atoms with Crippen molar-refractivity contribution in [1.29, 1.82) is 0 Å². The number of nitrogens with zero attached hydrogens (tertiary/aromatic N) is 1. The van der Waals surface area contributed by atoms with Crippen molar-refractivity contribution in [2.45, 2.75) is 187 Å². The van der Waals surface area contributed by atoms with Gasteiger partial charge in [-0.15, -0.1) is 0 Å². The van der Waals surface area contributed by atoms with Crippen LogP contribution >= 0.6 is 0 Å². The van der Waals surface area contributed by atoms with Crippen LogP contribution in [-0.4, -0.2) is 145 Å². The van der Waals surface area contributed by atoms with Crippen molar-refractivity contribution >= 4 is 29.2 Å². The minimum atomic E-state index is -2.47. The van der Waals surface area contributed by atoms with E-state index in [4.69, 9.17) is 28.4 Å². The molecule has 15 atom stereocenters. The predicted octanol–water partition coefficient (Wildman–Crippen LogP) is 7.35. The van der Waals surface area contributed by atoms with E-state index in [2.05, 4.69) is 5.32 Å². The molecule has 0 spiro atoms. The highest BCUT2D eigenvalue weighted by Crippen LogP contribution is 2.38. The summed E-state index contributed by atoms with van der Waals surface area (Å²) in [6.45, 7) is 14.2. The average Bonchev–Trinajstić information content (AvgIpc) is 3.40. The summed E-state index contributed by atoms with van der Waals surface area (Å²) in [4.78, 5) is 73.0. The van der Waals surface area contributed by atoms with Crippen molar-refractivity contribution < 1.29 is 67.7 Å². The van der Waals surface area contributed by atoms with Gasteiger partial charge in [-0.1, -0.05) is 88.8 Å². The second kappa shape index (κ2) is 30.1. The van der Waals surface area contributed by atoms with Crippen LogP contribution in [0.1, 0.15) is 131 Å². The lowest BCUT2D eigenvalue weighted by molar-refractivity contribution is -0.264. The van der Waals surface area contributed by atoms with Gasteiger partial charge in [0.05, 0.1) is 24.9 Å². The van der Waals surface area contributed by atoms with Gasteiger partial charge >= 0.3 is 5.97 Å². The Bertz CT molecular complexity index is 2210. The summed E-state index contributed by atoms with van der Waals surface area (Å²) in [7, 11) is 4.57. The Morgan fingerprint density at radius 3 is 2.36 bits per heavy atom. The van der Waals surface area contributed by atoms with Crippen LogP contribution in [0, 0.1) is 35.5 Å². The number of ether oxygens (including phenoxy) is 6. The lowest BCUT2D eigenvalue weighted by Gasteiger charge is -2.43. The fourth-order valence-electron chi connectivity index (χ4n) is 11.3. The maximum Gasteiger partial charge on any atom is 0.329 e. The maximum absolute atomic E-state index is 14.6. The maximum atomic E-state index is 14.6. The summed E-state index contributed by atoms with van der Waals surface area (Å²) >= 11 is 0. The van der Waals surface area contributed by atoms with E-state index < -0.39 is 77.8 Å². The molecule has 5 rings (SSSR count). The first-order valence-corrected chi connectivity index (χ1v) is 27.8. The van der Waals surface area contributed by atoms with Crippen LogP contribution in [0.25, 0.3) is 0 Å². The normalized spacial score (nSPS) is 35.1. The van der Waals surface area contributed by atoms with Gasteiger partial charge in [0.2, 0.25) is 5.79 Å². The van der Waals surface area contributed by atoms with Gasteiger partial charge in [-0.3, -0.25) is 19.2 Å². The molecule has 16 heteroatoms. The minimum Gasteiger partial charge on any atom is -0.491 e. The molecule has 1 aliphatic carbocycles. The van der Waals surface area contributed by atoms with Crippen molar-refractivity contribution in [2.75, 3.05) is 41.1 Å². The molecule has 2 bridgehead atoms. The van der Waals surface area contributed by atoms with Crippen molar-refractivity contribution in [2.24, 2.45) is 35.5 Å². The highest BCUT2D eigenvalue weighted by atomic mass is 16.6. The van der Waals surface area contributed by atoms with Crippen LogP contribution in [0.4, 0.5) is 0 Å². The van der Waals surface area contributed by atoms with E-state index in [1.54, 1.807) is 41.1 Å². The summed E-state index contributed by atoms with van der Waals surface area (Å²) in [6.07, 6.45) is 11.6. The Morgan fingerprint density at radius 2 is 1.63 bits per heavy atom. The lowest BCUT2D eigenvalue weighted by atomic mass is 9.78. The second-order valence-electron chi connectivity index (χ2n) is 22.3. The summed E-state index contributed by atoms with van der Waals surface area (Å²) in [6, 6.07) is 6.29. The molecule has 1 amide bonds. The number of hydrogen-bond acceptors (Lipinski definition) is 15. The Kier molecular flexibility index (Phi) is 24.7. The van der Waals surface area contributed by atoms with Gasteiger partial charge < -0.3 is 54.0 Å². The number of Topliss-reactive ketones (excluding diaryl/α,β-unsaturated/α-hetero) is 3. The van der Waals surface area contributed by atoms with Crippen molar-refractivity contribution in [1.82, 2.24) is 10.2 Å². The number of fused-ring (bicyclic) bond motifs is 3. The largest absolute Gasteiger partial charge is 0.491 e. The quantitative estimate of drug-likeness (QED) is 0.0697. The first kappa shape index (κ1) is 62.5. The number of aliphatic hydroxyl groups is 3. The number of hydrogen-bond donors (Lipinski definition) is 4. The van der Waals surface area contributed by atoms with Gasteiger partial charge in [0.25, 0.3) is 11.7 Å². The predicted molar refractivity (Wildman–Crippen MR) is 289 cm³/mol. The number of rotatable bonds is 12. The molecule has 1 unspecified atom stereocenters. The Labute approximate surface area is 452 Å². The van der Waals surface area contributed by atoms with Crippen LogP contribution in [0.2, 0.25) is 0 Å². The highest BCUT2D eigenvalue weighted by molar-refractivity contribution is 6.39. The molecule has 1 aromatic rings. The van der Waals surface area contributed by atoms with Crippen LogP contribution in [0.3, 0.4) is 0 Å². The van der Waals surface area contributed by atoms with Crippen molar-refractivity contribution in [3.63, 3.8) is 0 Å². The Morgan fingerprint density at radius 1 is 0.868 bits per heavy atom. The molecule has 16 nitrogen and oxygen atoms in total. The number of aliphatic hydroxyl groups excluding tert-OH is 2. The fourth-order valence-corrected chi connectivity index (χ4v) is 11.3. The van der Waals surface area contributed by atoms with E-state index in [0.29, 0.717) is 95.3 Å². The number of amides is 1. The number of methoxy groups -OCH3 is 3. The van der Waals surface area contributed by atoms with Gasteiger partial charge in [0.15, 0.2) is 5.78 Å². The van der Waals surface area contributed by atoms with Crippen molar-refractivity contribution in [3.8, 4) is 5.75 Å². The van der Waals surface area contributed by atoms with E-state index in [1.807, 2.05) is 82.3 Å². The molecule has 0 radical (unpaired) electrons. The second-order valence-corrected chi connectivity index (χ2v) is 22.3. The Balaban J connectivity index is 1.49. The molecule has 4 N–H and O–H groups in total. The molecule has 3 aliphatic heterocycles. The molecular formula is C60H90N2O14. The number of ketones is 3. The smallest absolute Gasteiger partial charge is 0.329 e. The zero-order chi connectivity index (χ0) is 55.7. The third-order valence-electron chi connectivity index (χ3n) is 16.3. The SMILES string of the molecule is COCCOc1cccc(CNC2C[C@@H]3CC[C@@H](C)[C@@](O)(O3)C(=O)C(=O)N3CCCC[C@H]3C(=O)O[C@H]([C@H](C)C[C@@H]3CC[C@@H](O)[C@H](OC)C3)CC(=O)[C@H](C)/C=C(\C)[C@@H](O)[C@@H](OC)C(=O)[C@H](C)C[C@H](C)/C=C/C=CC=C2C)c1. The first-order chi connectivity index (χ1) is 36.2. The Hall–Kier alpha value is -4.39. The highest BCUT2D eigenvalue weighted by Gasteiger charge is 2.53. The molecule has 424 valence electrons. The third kappa shape index (κ3) is 17.3. The summed E-state index contributed by atoms with van der Waals surface area (Å²) in [5.74, 6) is -7.45. The summed E-state index contributed by atoms with van der Waals surface area (Å²) in [5.41, 5.74) is 2.30. The number of cyclic esters (lactones) is 1. The molecule has 1 aromatic carbocycles. The lowest BCUT2D eigenvalue weighted by Crippen LogP contribution is -2.61. The third-order valence-corrected chi connectivity index (χ3v) is 16.3. The molecule has 3 fully saturated rings. The summed E-state index contributed by atoms with van der Waals surface area (Å²) < 4.78 is 34.9. The number of piperidine rings is 1. The van der Waals surface area contributed by atoms with Crippen LogP contribution < -0.4 is 10.1 Å². The molecule has 3 heterocycles. The zero-order valence-corrected chi connectivity index (χ0v) is 46.9. The molecule has 4 aliphatic rings. The van der Waals surface area contributed by atoms with Gasteiger partial charge in [0, 0.05) is 64.6 Å². The van der Waals surface area contributed by atoms with E-state index in [-0.39, 0.29) is 60.9 Å². The number of carbonyl (C=O) groups is 5. The zero-order valence-electron chi connectivity index (χ0n) is 46.9. The number of benzene rings is 1. The topological polar surface area (TPSA) is 217 Å². The van der Waals surface area contributed by atoms with Crippen LogP contribution in [0.15, 0.2) is 71.9 Å². The first-order valence-electron chi connectivity index (χ1n) is 27.8. The number of allylic oxidation sites excluding steroid dienone is 6. The monoisotopic (exact) mass is 1060 g/mol. The average molecular weight is 1060 g/mol. The van der Waals surface area contributed by atoms with Gasteiger partial charge in [-0.25, -0.2) is 4.79 Å². The van der Waals surface area contributed by atoms with Gasteiger partial charge in [-0.2, -0.15) is 0 Å². The molecule has 2 saturated heterocycles. The minimum absolute atomic E-state index is 0.00668.